The maximum Gasteiger partial charge on any atom is 0.292 e. The van der Waals surface area contributed by atoms with E-state index >= 15 is 0 Å². The van der Waals surface area contributed by atoms with Crippen LogP contribution in [0.1, 0.15) is 10.4 Å². The Kier molecular flexibility index (Phi) is 5.29. The van der Waals surface area contributed by atoms with Crippen molar-refractivity contribution in [2.24, 2.45) is 4.36 Å². The Labute approximate surface area is 156 Å². The zero-order valence-electron chi connectivity index (χ0n) is 14.8. The standard InChI is InChI=1S/C19H18N4O3S/c1-20-27(2,26)23-19(25)16-15(13-9-5-3-6-10-13)17(21-22-18(16)24)14-11-7-4-8-12-14/h3-12H,1-2H3,(H,22,24)(H,20,23,25,26). The predicted molar refractivity (Wildman–Crippen MR) is 106 cm³/mol. The Morgan fingerprint density at radius 1 is 1.04 bits per heavy atom. The van der Waals surface area contributed by atoms with Crippen molar-refractivity contribution in [3.63, 3.8) is 0 Å². The van der Waals surface area contributed by atoms with Crippen LogP contribution in [-0.2, 0) is 9.92 Å². The molecule has 3 rings (SSSR count). The van der Waals surface area contributed by atoms with Gasteiger partial charge < -0.3 is 0 Å². The molecule has 2 N–H and O–H groups in total. The molecule has 0 saturated carbocycles. The van der Waals surface area contributed by atoms with Gasteiger partial charge in [0, 0.05) is 17.4 Å². The van der Waals surface area contributed by atoms with Crippen LogP contribution in [0.25, 0.3) is 22.4 Å². The van der Waals surface area contributed by atoms with E-state index in [4.69, 9.17) is 0 Å². The number of aromatic amines is 1. The van der Waals surface area contributed by atoms with Crippen molar-refractivity contribution in [1.82, 2.24) is 14.9 Å². The number of amides is 1. The van der Waals surface area contributed by atoms with Gasteiger partial charge in [-0.1, -0.05) is 60.7 Å². The second-order valence-corrected chi connectivity index (χ2v) is 7.98. The van der Waals surface area contributed by atoms with E-state index in [0.29, 0.717) is 16.8 Å². The summed E-state index contributed by atoms with van der Waals surface area (Å²) < 4.78 is 18.4. The van der Waals surface area contributed by atoms with Gasteiger partial charge >= 0.3 is 0 Å². The van der Waals surface area contributed by atoms with Crippen LogP contribution in [-0.4, -0.2) is 33.6 Å². The van der Waals surface area contributed by atoms with E-state index in [1.165, 1.54) is 13.3 Å². The first-order valence-electron chi connectivity index (χ1n) is 8.11. The Balaban J connectivity index is 2.37. The summed E-state index contributed by atoms with van der Waals surface area (Å²) in [6.45, 7) is 0. The molecule has 1 atom stereocenters. The minimum Gasteiger partial charge on any atom is -0.267 e. The van der Waals surface area contributed by atoms with Gasteiger partial charge in [0.1, 0.15) is 15.5 Å². The zero-order chi connectivity index (χ0) is 19.4. The van der Waals surface area contributed by atoms with E-state index < -0.39 is 21.4 Å². The molecule has 1 amide bonds. The number of aromatic nitrogens is 2. The van der Waals surface area contributed by atoms with Crippen molar-refractivity contribution < 1.29 is 9.00 Å². The lowest BCUT2D eigenvalue weighted by atomic mass is 9.95. The van der Waals surface area contributed by atoms with E-state index in [1.54, 1.807) is 24.3 Å². The number of nitrogens with zero attached hydrogens (tertiary/aromatic N) is 2. The number of hydrogen-bond donors (Lipinski definition) is 2. The van der Waals surface area contributed by atoms with Crippen molar-refractivity contribution in [3.8, 4) is 22.4 Å². The molecule has 138 valence electrons. The fraction of sp³-hybridized carbons (Fsp3) is 0.105. The molecule has 7 nitrogen and oxygen atoms in total. The summed E-state index contributed by atoms with van der Waals surface area (Å²) >= 11 is 0. The highest BCUT2D eigenvalue weighted by atomic mass is 32.2. The third-order valence-corrected chi connectivity index (χ3v) is 5.21. The van der Waals surface area contributed by atoms with E-state index in [9.17, 15) is 13.8 Å². The van der Waals surface area contributed by atoms with Gasteiger partial charge in [0.25, 0.3) is 11.5 Å². The molecule has 0 aliphatic carbocycles. The van der Waals surface area contributed by atoms with E-state index in [-0.39, 0.29) is 5.56 Å². The molecule has 8 heteroatoms. The molecule has 0 saturated heterocycles. The highest BCUT2D eigenvalue weighted by molar-refractivity contribution is 7.91. The van der Waals surface area contributed by atoms with Crippen LogP contribution in [0.5, 0.6) is 0 Å². The summed E-state index contributed by atoms with van der Waals surface area (Å²) in [5.74, 6) is -0.864. The monoisotopic (exact) mass is 382 g/mol. The Morgan fingerprint density at radius 2 is 1.59 bits per heavy atom. The van der Waals surface area contributed by atoms with Crippen molar-refractivity contribution in [2.45, 2.75) is 0 Å². The Hall–Kier alpha value is -3.10. The smallest absolute Gasteiger partial charge is 0.267 e. The summed E-state index contributed by atoms with van der Waals surface area (Å²) in [5.41, 5.74) is 1.28. The number of rotatable bonds is 4. The molecule has 0 bridgehead atoms. The summed E-state index contributed by atoms with van der Waals surface area (Å²) in [6, 6.07) is 18.2. The second-order valence-electron chi connectivity index (χ2n) is 5.79. The number of carbonyl (C=O) groups excluding carboxylic acids is 1. The summed E-state index contributed by atoms with van der Waals surface area (Å²) in [4.78, 5) is 25.3. The largest absolute Gasteiger partial charge is 0.292 e. The van der Waals surface area contributed by atoms with Gasteiger partial charge in [-0.3, -0.25) is 9.59 Å². The molecular weight excluding hydrogens is 364 g/mol. The van der Waals surface area contributed by atoms with Gasteiger partial charge in [-0.2, -0.15) is 5.10 Å². The Bertz CT molecular complexity index is 1150. The molecule has 3 aromatic rings. The van der Waals surface area contributed by atoms with Crippen molar-refractivity contribution in [1.29, 1.82) is 0 Å². The summed E-state index contributed by atoms with van der Waals surface area (Å²) in [5, 5.41) is 6.53. The zero-order valence-corrected chi connectivity index (χ0v) is 15.6. The van der Waals surface area contributed by atoms with Gasteiger partial charge in [-0.25, -0.2) is 14.0 Å². The molecule has 0 radical (unpaired) electrons. The molecule has 2 aromatic carbocycles. The average molecular weight is 382 g/mol. The fourth-order valence-corrected chi connectivity index (χ4v) is 3.09. The fourth-order valence-electron chi connectivity index (χ4n) is 2.59. The lowest BCUT2D eigenvalue weighted by Gasteiger charge is -2.12. The van der Waals surface area contributed by atoms with Crippen LogP contribution in [0.15, 0.2) is 69.8 Å². The molecule has 27 heavy (non-hydrogen) atoms. The maximum atomic E-state index is 12.8. The van der Waals surface area contributed by atoms with E-state index in [1.807, 2.05) is 36.4 Å². The van der Waals surface area contributed by atoms with Crippen LogP contribution in [0.2, 0.25) is 0 Å². The Morgan fingerprint density at radius 3 is 2.15 bits per heavy atom. The summed E-state index contributed by atoms with van der Waals surface area (Å²) in [6.07, 6.45) is 1.29. The maximum absolute atomic E-state index is 12.8. The van der Waals surface area contributed by atoms with Crippen molar-refractivity contribution in [3.05, 3.63) is 76.6 Å². The third-order valence-electron chi connectivity index (χ3n) is 3.94. The predicted octanol–water partition coefficient (Wildman–Crippen LogP) is 2.48. The summed E-state index contributed by atoms with van der Waals surface area (Å²) in [7, 11) is -1.52. The third kappa shape index (κ3) is 4.02. The second kappa shape index (κ2) is 7.65. The molecule has 0 spiro atoms. The first-order valence-corrected chi connectivity index (χ1v) is 10.0. The normalized spacial score (nSPS) is 13.0. The first kappa shape index (κ1) is 18.7. The molecule has 0 aliphatic heterocycles. The highest BCUT2D eigenvalue weighted by Crippen LogP contribution is 2.31. The number of nitrogens with one attached hydrogen (secondary N) is 2. The lowest BCUT2D eigenvalue weighted by Crippen LogP contribution is -2.24. The molecule has 0 fully saturated rings. The van der Waals surface area contributed by atoms with Crippen LogP contribution in [0, 0.1) is 0 Å². The van der Waals surface area contributed by atoms with Crippen LogP contribution in [0.3, 0.4) is 0 Å². The van der Waals surface area contributed by atoms with Gasteiger partial charge in [0.05, 0.1) is 5.69 Å². The average Bonchev–Trinajstić information content (AvgIpc) is 2.68. The van der Waals surface area contributed by atoms with Gasteiger partial charge in [0.2, 0.25) is 0 Å². The van der Waals surface area contributed by atoms with Crippen molar-refractivity contribution in [2.75, 3.05) is 13.3 Å². The van der Waals surface area contributed by atoms with Crippen LogP contribution >= 0.6 is 0 Å². The highest BCUT2D eigenvalue weighted by Gasteiger charge is 2.23. The molecule has 1 heterocycles. The molecule has 1 aromatic heterocycles. The first-order chi connectivity index (χ1) is 12.9. The van der Waals surface area contributed by atoms with Crippen LogP contribution < -0.4 is 10.3 Å². The molecule has 0 aliphatic rings. The van der Waals surface area contributed by atoms with E-state index in [2.05, 4.69) is 19.3 Å². The quantitative estimate of drug-likeness (QED) is 0.723. The number of carbonyl (C=O) groups is 1. The topological polar surface area (TPSA) is 104 Å². The van der Waals surface area contributed by atoms with Crippen LogP contribution in [0.4, 0.5) is 0 Å². The molecular formula is C19H18N4O3S. The minimum atomic E-state index is -2.96. The SMILES string of the molecule is CNS(C)(=O)=NC(=O)c1c(-c2ccccc2)c(-c2ccccc2)n[nH]c1=O. The van der Waals surface area contributed by atoms with Crippen molar-refractivity contribution >= 4 is 15.8 Å². The number of benzene rings is 2. The van der Waals surface area contributed by atoms with Gasteiger partial charge in [0.15, 0.2) is 0 Å². The number of H-pyrrole nitrogens is 1. The van der Waals surface area contributed by atoms with Gasteiger partial charge in [-0.15, -0.1) is 4.36 Å². The number of hydrogen-bond acceptors (Lipinski definition) is 4. The van der Waals surface area contributed by atoms with E-state index in [0.717, 1.165) is 5.56 Å². The lowest BCUT2D eigenvalue weighted by molar-refractivity contribution is 0.100. The minimum absolute atomic E-state index is 0.195. The molecule has 1 unspecified atom stereocenters. The van der Waals surface area contributed by atoms with Gasteiger partial charge in [-0.05, 0) is 12.6 Å².